The second kappa shape index (κ2) is 6.39. The molecule has 12 heteroatoms. The molecule has 138 valence electrons. The molecule has 0 bridgehead atoms. The van der Waals surface area contributed by atoms with Crippen LogP contribution in [0.25, 0.3) is 28.0 Å². The van der Waals surface area contributed by atoms with Crippen molar-refractivity contribution in [2.24, 2.45) is 0 Å². The van der Waals surface area contributed by atoms with Crippen LogP contribution in [0.15, 0.2) is 46.3 Å². The fourth-order valence-corrected chi connectivity index (χ4v) is 2.92. The number of thiophene rings is 1. The number of nitrogen functional groups attached to an aromatic ring is 1. The zero-order valence-electron chi connectivity index (χ0n) is 13.2. The highest BCUT2D eigenvalue weighted by atomic mass is 32.1. The molecule has 0 unspecified atom stereocenters. The topological polar surface area (TPSA) is 105 Å². The first-order valence-electron chi connectivity index (χ1n) is 7.36. The lowest BCUT2D eigenvalue weighted by molar-refractivity contribution is -0.274. The van der Waals surface area contributed by atoms with Gasteiger partial charge in [-0.25, -0.2) is 0 Å². The smallest absolute Gasteiger partial charge is 0.406 e. The summed E-state index contributed by atoms with van der Waals surface area (Å²) >= 11 is 1.43. The van der Waals surface area contributed by atoms with E-state index in [-0.39, 0.29) is 23.1 Å². The third-order valence-corrected chi connectivity index (χ3v) is 4.24. The maximum atomic E-state index is 12.4. The number of alkyl halides is 3. The fraction of sp³-hybridized carbons (Fsp3) is 0.0667. The molecule has 4 aromatic rings. The quantitative estimate of drug-likeness (QED) is 0.564. The van der Waals surface area contributed by atoms with Gasteiger partial charge in [0.25, 0.3) is 5.89 Å². The summed E-state index contributed by atoms with van der Waals surface area (Å²) < 4.78 is 47.4. The molecular weight excluding hydrogens is 385 g/mol. The summed E-state index contributed by atoms with van der Waals surface area (Å²) in [5, 5.41) is 13.5. The molecule has 0 saturated carbocycles. The van der Waals surface area contributed by atoms with Crippen molar-refractivity contribution in [3.05, 3.63) is 41.8 Å². The molecule has 0 saturated heterocycles. The van der Waals surface area contributed by atoms with E-state index in [0.717, 1.165) is 21.7 Å². The molecule has 1 aromatic carbocycles. The number of hydrogen-bond donors (Lipinski definition) is 1. The summed E-state index contributed by atoms with van der Waals surface area (Å²) in [6.45, 7) is 0. The minimum absolute atomic E-state index is 0.0283. The van der Waals surface area contributed by atoms with Gasteiger partial charge in [-0.3, -0.25) is 0 Å². The van der Waals surface area contributed by atoms with Crippen LogP contribution in [0.3, 0.4) is 0 Å². The minimum atomic E-state index is -4.81. The van der Waals surface area contributed by atoms with Crippen LogP contribution in [0.2, 0.25) is 0 Å². The lowest BCUT2D eigenvalue weighted by Gasteiger charge is -2.10. The summed E-state index contributed by atoms with van der Waals surface area (Å²) in [5.74, 6) is 0.0362. The Hall–Kier alpha value is -3.41. The predicted octanol–water partition coefficient (Wildman–Crippen LogP) is 3.53. The van der Waals surface area contributed by atoms with Crippen molar-refractivity contribution in [1.29, 1.82) is 0 Å². The molecule has 0 spiro atoms. The van der Waals surface area contributed by atoms with E-state index in [1.165, 1.54) is 23.5 Å². The maximum Gasteiger partial charge on any atom is 0.573 e. The third-order valence-electron chi connectivity index (χ3n) is 3.37. The Kier molecular flexibility index (Phi) is 4.03. The van der Waals surface area contributed by atoms with Crippen molar-refractivity contribution in [2.75, 3.05) is 5.73 Å². The van der Waals surface area contributed by atoms with Gasteiger partial charge < -0.3 is 15.0 Å². The third kappa shape index (κ3) is 3.46. The van der Waals surface area contributed by atoms with Gasteiger partial charge >= 0.3 is 6.36 Å². The second-order valence-corrected chi connectivity index (χ2v) is 6.13. The Morgan fingerprint density at radius 3 is 2.78 bits per heavy atom. The van der Waals surface area contributed by atoms with Crippen molar-refractivity contribution in [3.8, 4) is 33.7 Å². The van der Waals surface area contributed by atoms with Crippen LogP contribution in [-0.2, 0) is 0 Å². The summed E-state index contributed by atoms with van der Waals surface area (Å²) in [6.07, 6.45) is -4.81. The fourth-order valence-electron chi connectivity index (χ4n) is 2.27. The second-order valence-electron chi connectivity index (χ2n) is 5.18. The number of rotatable bonds is 4. The highest BCUT2D eigenvalue weighted by Gasteiger charge is 2.31. The number of nitrogens with two attached hydrogens (primary N) is 1. The number of anilines is 1. The van der Waals surface area contributed by atoms with Crippen LogP contribution >= 0.6 is 11.3 Å². The number of aromatic nitrogens is 5. The molecule has 0 radical (unpaired) electrons. The average Bonchev–Trinajstić information content (AvgIpc) is 3.33. The van der Waals surface area contributed by atoms with E-state index in [0.29, 0.717) is 5.82 Å². The summed E-state index contributed by atoms with van der Waals surface area (Å²) in [4.78, 5) is 5.02. The number of nitrogens with zero attached hydrogens (tertiary/aromatic N) is 5. The molecular formula is C15H9F3N6O2S. The first-order valence-corrected chi connectivity index (χ1v) is 8.24. The van der Waals surface area contributed by atoms with Crippen LogP contribution in [0.5, 0.6) is 5.75 Å². The Labute approximate surface area is 153 Å². The van der Waals surface area contributed by atoms with Gasteiger partial charge in [-0.1, -0.05) is 22.5 Å². The zero-order valence-corrected chi connectivity index (χ0v) is 14.0. The van der Waals surface area contributed by atoms with Gasteiger partial charge in [-0.2, -0.15) is 9.67 Å². The van der Waals surface area contributed by atoms with Crippen LogP contribution in [0.1, 0.15) is 0 Å². The molecule has 8 nitrogen and oxygen atoms in total. The van der Waals surface area contributed by atoms with E-state index in [4.69, 9.17) is 10.3 Å². The standard InChI is InChI=1S/C15H9F3N6O2S/c16-15(17,18)25-9-4-1-3-8(7-9)24-12(19)11(21-23-24)14-20-13(22-26-14)10-5-2-6-27-10/h1-7H,19H2. The molecule has 0 aliphatic carbocycles. The van der Waals surface area contributed by atoms with Gasteiger partial charge in [0, 0.05) is 6.07 Å². The lowest BCUT2D eigenvalue weighted by atomic mass is 10.3. The largest absolute Gasteiger partial charge is 0.573 e. The van der Waals surface area contributed by atoms with E-state index in [1.54, 1.807) is 0 Å². The molecule has 0 amide bonds. The van der Waals surface area contributed by atoms with Gasteiger partial charge in [0.1, 0.15) is 5.75 Å². The van der Waals surface area contributed by atoms with Crippen molar-refractivity contribution in [2.45, 2.75) is 6.36 Å². The highest BCUT2D eigenvalue weighted by Crippen LogP contribution is 2.29. The van der Waals surface area contributed by atoms with E-state index in [9.17, 15) is 13.2 Å². The first-order chi connectivity index (χ1) is 12.9. The molecule has 2 N–H and O–H groups in total. The highest BCUT2D eigenvalue weighted by molar-refractivity contribution is 7.13. The monoisotopic (exact) mass is 394 g/mol. The number of halogens is 3. The molecule has 0 aliphatic heterocycles. The van der Waals surface area contributed by atoms with Gasteiger partial charge in [-0.05, 0) is 23.6 Å². The van der Waals surface area contributed by atoms with E-state index >= 15 is 0 Å². The normalized spacial score (nSPS) is 11.7. The van der Waals surface area contributed by atoms with Crippen molar-refractivity contribution in [1.82, 2.24) is 25.1 Å². The number of benzene rings is 1. The number of ether oxygens (including phenoxy) is 1. The Bertz CT molecular complexity index is 1070. The molecule has 0 fully saturated rings. The van der Waals surface area contributed by atoms with Crippen LogP contribution < -0.4 is 10.5 Å². The average molecular weight is 394 g/mol. The molecule has 3 heterocycles. The molecule has 0 atom stereocenters. The van der Waals surface area contributed by atoms with Crippen molar-refractivity contribution < 1.29 is 22.4 Å². The predicted molar refractivity (Wildman–Crippen MR) is 89.1 cm³/mol. The summed E-state index contributed by atoms with van der Waals surface area (Å²) in [5.41, 5.74) is 6.37. The van der Waals surface area contributed by atoms with E-state index in [2.05, 4.69) is 25.2 Å². The van der Waals surface area contributed by atoms with Gasteiger partial charge in [0.05, 0.1) is 10.6 Å². The van der Waals surface area contributed by atoms with E-state index in [1.807, 2.05) is 17.5 Å². The van der Waals surface area contributed by atoms with Gasteiger partial charge in [0.15, 0.2) is 11.5 Å². The maximum absolute atomic E-state index is 12.4. The van der Waals surface area contributed by atoms with Crippen molar-refractivity contribution in [3.63, 3.8) is 0 Å². The molecule has 27 heavy (non-hydrogen) atoms. The van der Waals surface area contributed by atoms with Crippen LogP contribution in [0.4, 0.5) is 19.0 Å². The SMILES string of the molecule is Nc1c(-c2nc(-c3cccs3)no2)nnn1-c1cccc(OC(F)(F)F)c1. The summed E-state index contributed by atoms with van der Waals surface area (Å²) in [7, 11) is 0. The van der Waals surface area contributed by atoms with Crippen LogP contribution in [-0.4, -0.2) is 31.5 Å². The minimum Gasteiger partial charge on any atom is -0.406 e. The Morgan fingerprint density at radius 1 is 1.19 bits per heavy atom. The van der Waals surface area contributed by atoms with Crippen molar-refractivity contribution >= 4 is 17.2 Å². The Morgan fingerprint density at radius 2 is 2.04 bits per heavy atom. The molecule has 0 aliphatic rings. The first kappa shape index (κ1) is 17.0. The van der Waals surface area contributed by atoms with Gasteiger partial charge in [0.2, 0.25) is 5.82 Å². The van der Waals surface area contributed by atoms with Gasteiger partial charge in [-0.15, -0.1) is 29.6 Å². The molecule has 4 rings (SSSR count). The summed E-state index contributed by atoms with van der Waals surface area (Å²) in [6, 6.07) is 8.84. The molecule has 3 aromatic heterocycles. The zero-order chi connectivity index (χ0) is 19.0. The van der Waals surface area contributed by atoms with Crippen LogP contribution in [0, 0.1) is 0 Å². The Balaban J connectivity index is 1.66. The number of hydrogen-bond acceptors (Lipinski definition) is 8. The van der Waals surface area contributed by atoms with E-state index < -0.39 is 12.1 Å². The lowest BCUT2D eigenvalue weighted by Crippen LogP contribution is -2.17.